The van der Waals surface area contributed by atoms with Gasteiger partial charge in [-0.15, -0.1) is 0 Å². The molecule has 9 aliphatic heterocycles. The van der Waals surface area contributed by atoms with E-state index in [0.29, 0.717) is 31.6 Å². The van der Waals surface area contributed by atoms with Gasteiger partial charge in [-0.05, 0) is 109 Å². The van der Waals surface area contributed by atoms with Crippen molar-refractivity contribution in [1.82, 2.24) is 43.4 Å². The van der Waals surface area contributed by atoms with Gasteiger partial charge < -0.3 is 87.5 Å². The molecule has 15 heterocycles. The number of carbonyl (C=O) groups is 4. The van der Waals surface area contributed by atoms with Crippen molar-refractivity contribution in [2.24, 2.45) is 0 Å². The predicted molar refractivity (Wildman–Crippen MR) is 426 cm³/mol. The fraction of sp³-hybridized carbons (Fsp3) is 0.326. The Hall–Kier alpha value is -9.96. The molecule has 556 valence electrons. The molecule has 0 spiro atoms. The van der Waals surface area contributed by atoms with Crippen LogP contribution in [0.25, 0.3) is 131 Å². The fourth-order valence-electron chi connectivity index (χ4n) is 21.5. The smallest absolute Gasteiger partial charge is 0.343 e. The van der Waals surface area contributed by atoms with E-state index >= 15 is 0 Å². The summed E-state index contributed by atoms with van der Waals surface area (Å²) in [5.74, 6) is 2.87. The van der Waals surface area contributed by atoms with Crippen molar-refractivity contribution in [3.05, 3.63) is 178 Å². The molecule has 0 saturated carbocycles. The zero-order valence-corrected chi connectivity index (χ0v) is 63.0. The number of para-hydroxylation sites is 4. The molecule has 9 unspecified atom stereocenters. The zero-order valence-electron chi connectivity index (χ0n) is 61.4. The van der Waals surface area contributed by atoms with Gasteiger partial charge in [-0.25, -0.2) is 4.79 Å². The van der Waals surface area contributed by atoms with Crippen LogP contribution in [0.4, 0.5) is 0 Å². The van der Waals surface area contributed by atoms with Crippen LogP contribution in [0.2, 0.25) is 0 Å². The van der Waals surface area contributed by atoms with Crippen molar-refractivity contribution < 1.29 is 63.3 Å². The van der Waals surface area contributed by atoms with E-state index in [-0.39, 0.29) is 43.4 Å². The van der Waals surface area contributed by atoms with Crippen molar-refractivity contribution in [3.8, 4) is 0 Å². The molecule has 9 aromatic carbocycles. The minimum Gasteiger partial charge on any atom is -0.467 e. The Balaban J connectivity index is 0.000000103. The maximum absolute atomic E-state index is 13.7. The average molecular weight is 1510 g/mol. The van der Waals surface area contributed by atoms with Gasteiger partial charge in [-0.1, -0.05) is 98.8 Å². The number of fused-ring (bicyclic) bond motifs is 39. The summed E-state index contributed by atoms with van der Waals surface area (Å²) in [5, 5.41) is 66.3. The van der Waals surface area contributed by atoms with Gasteiger partial charge in [0.15, 0.2) is 17.2 Å². The Kier molecular flexibility index (Phi) is 13.8. The van der Waals surface area contributed by atoms with Crippen LogP contribution < -0.4 is 16.0 Å². The van der Waals surface area contributed by atoms with Crippen LogP contribution in [0.1, 0.15) is 131 Å². The fourth-order valence-corrected chi connectivity index (χ4v) is 22.7. The maximum Gasteiger partial charge on any atom is 0.343 e. The van der Waals surface area contributed by atoms with Crippen molar-refractivity contribution >= 4 is 178 Å². The highest BCUT2D eigenvalue weighted by Crippen LogP contribution is 2.63. The summed E-state index contributed by atoms with van der Waals surface area (Å²) < 4.78 is 44.6. The number of amides is 3. The zero-order chi connectivity index (χ0) is 75.1. The van der Waals surface area contributed by atoms with E-state index in [1.54, 1.807) is 14.0 Å². The highest BCUT2D eigenvalue weighted by molar-refractivity contribution is 7.98. The number of nitrogens with zero attached hydrogens (tertiary/aromatic N) is 6. The molecule has 0 radical (unpaired) electrons. The molecule has 3 fully saturated rings. The number of aliphatic hydroxyl groups excluding tert-OH is 2. The van der Waals surface area contributed by atoms with Gasteiger partial charge in [0.25, 0.3) is 17.7 Å². The number of rotatable bonds is 10. The number of hydrogen-bond donors (Lipinski definition) is 7. The van der Waals surface area contributed by atoms with Crippen LogP contribution >= 0.6 is 23.5 Å². The van der Waals surface area contributed by atoms with Crippen molar-refractivity contribution in [3.63, 3.8) is 0 Å². The van der Waals surface area contributed by atoms with Gasteiger partial charge in [0.2, 0.25) is 5.60 Å². The molecule has 22 nitrogen and oxygen atoms in total. The summed E-state index contributed by atoms with van der Waals surface area (Å²) in [7, 11) is 2.96. The second-order valence-corrected chi connectivity index (χ2v) is 33.8. The molecule has 0 aliphatic carbocycles. The number of nitrogens with one attached hydrogen (secondary N) is 3. The van der Waals surface area contributed by atoms with Gasteiger partial charge in [0.05, 0.1) is 103 Å². The lowest BCUT2D eigenvalue weighted by Gasteiger charge is -2.41. The summed E-state index contributed by atoms with van der Waals surface area (Å²) >= 11 is 3.71. The predicted octanol–water partition coefficient (Wildman–Crippen LogP) is 13.8. The van der Waals surface area contributed by atoms with Gasteiger partial charge >= 0.3 is 5.97 Å². The quantitative estimate of drug-likeness (QED) is 0.0628. The van der Waals surface area contributed by atoms with Gasteiger partial charge in [0, 0.05) is 122 Å². The molecule has 3 amide bonds. The largest absolute Gasteiger partial charge is 0.467 e. The normalized spacial score (nSPS) is 26.2. The maximum atomic E-state index is 13.7. The van der Waals surface area contributed by atoms with E-state index in [2.05, 4.69) is 119 Å². The van der Waals surface area contributed by atoms with E-state index in [1.165, 1.54) is 18.2 Å². The van der Waals surface area contributed by atoms with Crippen LogP contribution in [-0.2, 0) is 76.8 Å². The first-order valence-electron chi connectivity index (χ1n) is 37.7. The van der Waals surface area contributed by atoms with Crippen molar-refractivity contribution in [1.29, 1.82) is 0 Å². The Morgan fingerprint density at radius 2 is 0.836 bits per heavy atom. The molecule has 15 aromatic rings. The SMILES string of the molecule is CC12OC(CC1(O)CO)n1c3ccccc3c3c4c(c5c6ccccc6n2c5c31)CNC4=O.CCSCc1ccc2c(c1)c1c3c(c4c5cc(CSCC)ccc5n5c4c1n2C1CC(O)(C(=O)OC)C5(C)O1)CNC3=O.COC1(CO)CC2OC1(C)n1c3ccccc3c3c4c(c5c6ccccc6n2c5c31)C(=O)NC4. The molecule has 7 N–H and O–H groups in total. The number of aliphatic hydroxyl groups is 4. The second-order valence-electron chi connectivity index (χ2n) is 31.3. The average Bonchev–Trinajstić information content (AvgIpc) is 1.51. The Morgan fingerprint density at radius 1 is 0.464 bits per heavy atom. The molecule has 9 atom stereocenters. The van der Waals surface area contributed by atoms with Gasteiger partial charge in [0.1, 0.15) is 29.9 Å². The first kappa shape index (κ1) is 67.0. The number of aromatic nitrogens is 6. The summed E-state index contributed by atoms with van der Waals surface area (Å²) in [5.41, 5.74) is 10.9. The number of ether oxygens (including phenoxy) is 5. The lowest BCUT2D eigenvalue weighted by atomic mass is 9.88. The number of benzene rings is 9. The number of carbonyl (C=O) groups excluding carboxylic acids is 4. The second kappa shape index (κ2) is 22.6. The highest BCUT2D eigenvalue weighted by Gasteiger charge is 2.67. The summed E-state index contributed by atoms with van der Waals surface area (Å²) in [6.45, 7) is 10.7. The molecule has 3 saturated heterocycles. The first-order chi connectivity index (χ1) is 53.3. The summed E-state index contributed by atoms with van der Waals surface area (Å²) in [4.78, 5) is 53.5. The minimum absolute atomic E-state index is 0.0115. The third kappa shape index (κ3) is 7.85. The molecular formula is C86H77N9O13S2. The first-order valence-corrected chi connectivity index (χ1v) is 40.1. The summed E-state index contributed by atoms with van der Waals surface area (Å²) in [6.07, 6.45) is -0.767. The monoisotopic (exact) mass is 1510 g/mol. The Morgan fingerprint density at radius 3 is 1.30 bits per heavy atom. The van der Waals surface area contributed by atoms with E-state index in [0.717, 1.165) is 182 Å². The van der Waals surface area contributed by atoms with Crippen LogP contribution in [-0.4, -0.2) is 127 Å². The molecular weight excluding hydrogens is 1430 g/mol. The number of thioether (sulfide) groups is 2. The van der Waals surface area contributed by atoms with Crippen molar-refractivity contribution in [2.75, 3.05) is 38.9 Å². The van der Waals surface area contributed by atoms with E-state index < -0.39 is 59.0 Å². The van der Waals surface area contributed by atoms with Gasteiger partial charge in [-0.2, -0.15) is 23.5 Å². The standard InChI is InChI=1S/C33H33N3O5S2.C27H23N3O4.C26H21N3O4/c1-5-42-15-17-7-9-22-19(11-17)26-27-21(14-34-30(27)37)25-20-12-18(16-43-6-2)8-10-23(20)36-29(25)28(26)35(22)24-13-33(39,31(38)40-4)32(36,3)41-24;1-26-27(13-31,33-2)11-19(34-26)29-17-9-5-3-7-14(17)21-22-16(12-28-25(22)32)20-15-8-4-6-10-18(15)30(26)24(20)23(21)29;1-25-26(32,12-30)10-18(33-25)28-16-8-4-2-6-13(16)20-21-15(11-27-24(21)31)19-14-7-3-5-9-17(14)29(25)23(19)22(20)28/h7-12,24,39H,5-6,13-16H2,1-4H3,(H,34,37);3-10,19,31H,11-13H2,1-2H3,(H,28,32);2-9,18,30,32H,10-12H2,1H3,(H,27,31). The van der Waals surface area contributed by atoms with Crippen LogP contribution in [0.5, 0.6) is 0 Å². The molecule has 6 aromatic heterocycles. The van der Waals surface area contributed by atoms with Crippen LogP contribution in [0.15, 0.2) is 133 Å². The van der Waals surface area contributed by atoms with Gasteiger partial charge in [-0.3, -0.25) is 14.4 Å². The van der Waals surface area contributed by atoms with E-state index in [1.807, 2.05) is 109 Å². The topological polar surface area (TPSA) is 261 Å². The third-order valence-corrected chi connectivity index (χ3v) is 28.3. The number of esters is 1. The third-order valence-electron chi connectivity index (χ3n) is 26.4. The number of hydrogen-bond acceptors (Lipinski definition) is 15. The van der Waals surface area contributed by atoms with Crippen LogP contribution in [0.3, 0.4) is 0 Å². The van der Waals surface area contributed by atoms with Crippen LogP contribution in [0, 0.1) is 0 Å². The minimum atomic E-state index is -1.95. The lowest BCUT2D eigenvalue weighted by molar-refractivity contribution is -0.202. The summed E-state index contributed by atoms with van der Waals surface area (Å²) in [6, 6.07) is 45.4. The lowest BCUT2D eigenvalue weighted by Crippen LogP contribution is -2.56. The van der Waals surface area contributed by atoms with Crippen molar-refractivity contribution in [2.45, 2.75) is 138 Å². The Labute approximate surface area is 635 Å². The molecule has 9 aliphatic rings. The molecule has 6 bridgehead atoms. The Bertz CT molecular complexity index is 6800. The molecule has 24 heteroatoms. The highest BCUT2D eigenvalue weighted by atomic mass is 32.2. The molecule has 110 heavy (non-hydrogen) atoms. The number of methoxy groups -OCH3 is 2. The van der Waals surface area contributed by atoms with E-state index in [9.17, 15) is 39.6 Å². The molecule has 24 rings (SSSR count). The van der Waals surface area contributed by atoms with E-state index in [4.69, 9.17) is 23.7 Å².